The van der Waals surface area contributed by atoms with E-state index in [-0.39, 0.29) is 5.91 Å². The van der Waals surface area contributed by atoms with E-state index in [2.05, 4.69) is 11.0 Å². The molecular formula is C16H27N3O2. The van der Waals surface area contributed by atoms with Crippen LogP contribution >= 0.6 is 0 Å². The first-order valence-corrected chi connectivity index (χ1v) is 7.32. The number of benzene rings is 1. The monoisotopic (exact) mass is 293 g/mol. The Morgan fingerprint density at radius 1 is 1.29 bits per heavy atom. The fourth-order valence-corrected chi connectivity index (χ4v) is 2.09. The van der Waals surface area contributed by atoms with Crippen LogP contribution < -0.4 is 10.5 Å². The lowest BCUT2D eigenvalue weighted by Gasteiger charge is -2.20. The minimum Gasteiger partial charge on any atom is -0.497 e. The summed E-state index contributed by atoms with van der Waals surface area (Å²) in [5.41, 5.74) is 6.63. The van der Waals surface area contributed by atoms with Gasteiger partial charge in [-0.3, -0.25) is 4.79 Å². The second-order valence-corrected chi connectivity index (χ2v) is 5.30. The molecule has 1 aromatic carbocycles. The van der Waals surface area contributed by atoms with E-state index in [9.17, 15) is 4.79 Å². The van der Waals surface area contributed by atoms with Crippen LogP contribution in [0.2, 0.25) is 0 Å². The lowest BCUT2D eigenvalue weighted by Crippen LogP contribution is -2.32. The van der Waals surface area contributed by atoms with Crippen molar-refractivity contribution in [3.05, 3.63) is 29.8 Å². The standard InChI is InChI=1S/C16H27N3O2/c1-18(11-8-16(20)19(2)10-5-9-17)13-14-6-4-7-15(12-14)21-3/h4,6-7,12H,5,8-11,13,17H2,1-3H3. The molecule has 1 rings (SSSR count). The van der Waals surface area contributed by atoms with E-state index in [1.807, 2.05) is 32.3 Å². The van der Waals surface area contributed by atoms with Crippen molar-refractivity contribution in [2.45, 2.75) is 19.4 Å². The van der Waals surface area contributed by atoms with Crippen LogP contribution in [0.15, 0.2) is 24.3 Å². The summed E-state index contributed by atoms with van der Waals surface area (Å²) >= 11 is 0. The highest BCUT2D eigenvalue weighted by Gasteiger charge is 2.10. The van der Waals surface area contributed by atoms with E-state index >= 15 is 0 Å². The van der Waals surface area contributed by atoms with Crippen molar-refractivity contribution < 1.29 is 9.53 Å². The maximum Gasteiger partial charge on any atom is 0.223 e. The molecule has 0 radical (unpaired) electrons. The molecular weight excluding hydrogens is 266 g/mol. The second kappa shape index (κ2) is 9.37. The maximum atomic E-state index is 11.9. The predicted molar refractivity (Wildman–Crippen MR) is 85.3 cm³/mol. The number of amides is 1. The van der Waals surface area contributed by atoms with Gasteiger partial charge in [-0.2, -0.15) is 0 Å². The summed E-state index contributed by atoms with van der Waals surface area (Å²) in [6.07, 6.45) is 1.38. The van der Waals surface area contributed by atoms with Gasteiger partial charge in [0.05, 0.1) is 7.11 Å². The fraction of sp³-hybridized carbons (Fsp3) is 0.562. The number of methoxy groups -OCH3 is 1. The van der Waals surface area contributed by atoms with Crippen molar-refractivity contribution in [2.24, 2.45) is 5.73 Å². The molecule has 0 aliphatic heterocycles. The molecule has 0 saturated heterocycles. The first-order chi connectivity index (χ1) is 10.1. The molecule has 5 nitrogen and oxygen atoms in total. The lowest BCUT2D eigenvalue weighted by atomic mass is 10.2. The molecule has 1 aromatic rings. The first kappa shape index (κ1) is 17.5. The maximum absolute atomic E-state index is 11.9. The molecule has 0 fully saturated rings. The molecule has 21 heavy (non-hydrogen) atoms. The molecule has 0 unspecified atom stereocenters. The largest absolute Gasteiger partial charge is 0.497 e. The highest BCUT2D eigenvalue weighted by atomic mass is 16.5. The molecule has 0 saturated carbocycles. The topological polar surface area (TPSA) is 58.8 Å². The van der Waals surface area contributed by atoms with Gasteiger partial charge in [0, 0.05) is 33.1 Å². The number of carbonyl (C=O) groups is 1. The van der Waals surface area contributed by atoms with Crippen LogP contribution in [0.3, 0.4) is 0 Å². The van der Waals surface area contributed by atoms with Crippen LogP contribution in [0.4, 0.5) is 0 Å². The summed E-state index contributed by atoms with van der Waals surface area (Å²) in [4.78, 5) is 15.8. The zero-order valence-electron chi connectivity index (χ0n) is 13.3. The van der Waals surface area contributed by atoms with Gasteiger partial charge in [0.1, 0.15) is 5.75 Å². The van der Waals surface area contributed by atoms with Gasteiger partial charge in [-0.1, -0.05) is 12.1 Å². The van der Waals surface area contributed by atoms with Gasteiger partial charge >= 0.3 is 0 Å². The van der Waals surface area contributed by atoms with Crippen LogP contribution in [-0.2, 0) is 11.3 Å². The van der Waals surface area contributed by atoms with E-state index < -0.39 is 0 Å². The number of nitrogens with zero attached hydrogens (tertiary/aromatic N) is 2. The summed E-state index contributed by atoms with van der Waals surface area (Å²) in [7, 11) is 5.52. The number of nitrogens with two attached hydrogens (primary N) is 1. The second-order valence-electron chi connectivity index (χ2n) is 5.30. The molecule has 5 heteroatoms. The average molecular weight is 293 g/mol. The zero-order chi connectivity index (χ0) is 15.7. The number of hydrogen-bond acceptors (Lipinski definition) is 4. The number of hydrogen-bond donors (Lipinski definition) is 1. The van der Waals surface area contributed by atoms with Gasteiger partial charge in [-0.25, -0.2) is 0 Å². The molecule has 0 atom stereocenters. The lowest BCUT2D eigenvalue weighted by molar-refractivity contribution is -0.130. The molecule has 0 bridgehead atoms. The van der Waals surface area contributed by atoms with Gasteiger partial charge < -0.3 is 20.3 Å². The van der Waals surface area contributed by atoms with Crippen molar-refractivity contribution in [3.63, 3.8) is 0 Å². The minimum atomic E-state index is 0.168. The normalized spacial score (nSPS) is 10.7. The van der Waals surface area contributed by atoms with E-state index in [0.29, 0.717) is 13.0 Å². The molecule has 0 heterocycles. The van der Waals surface area contributed by atoms with Gasteiger partial charge in [0.25, 0.3) is 0 Å². The smallest absolute Gasteiger partial charge is 0.223 e. The van der Waals surface area contributed by atoms with Crippen molar-refractivity contribution in [3.8, 4) is 5.75 Å². The van der Waals surface area contributed by atoms with Crippen LogP contribution in [0.1, 0.15) is 18.4 Å². The van der Waals surface area contributed by atoms with Crippen LogP contribution in [0.25, 0.3) is 0 Å². The minimum absolute atomic E-state index is 0.168. The van der Waals surface area contributed by atoms with Crippen molar-refractivity contribution in [1.82, 2.24) is 9.80 Å². The Balaban J connectivity index is 2.36. The van der Waals surface area contributed by atoms with Gasteiger partial charge in [-0.05, 0) is 37.7 Å². The number of carbonyl (C=O) groups excluding carboxylic acids is 1. The van der Waals surface area contributed by atoms with Crippen molar-refractivity contribution in [1.29, 1.82) is 0 Å². The van der Waals surface area contributed by atoms with Gasteiger partial charge in [-0.15, -0.1) is 0 Å². The average Bonchev–Trinajstić information content (AvgIpc) is 2.50. The Kier molecular flexibility index (Phi) is 7.79. The van der Waals surface area contributed by atoms with Gasteiger partial charge in [0.2, 0.25) is 5.91 Å². The molecule has 0 aliphatic rings. The Hall–Kier alpha value is -1.59. The quantitative estimate of drug-likeness (QED) is 0.746. The zero-order valence-corrected chi connectivity index (χ0v) is 13.3. The van der Waals surface area contributed by atoms with Crippen LogP contribution in [0.5, 0.6) is 5.75 Å². The molecule has 0 aliphatic carbocycles. The molecule has 1 amide bonds. The van der Waals surface area contributed by atoms with E-state index in [1.165, 1.54) is 5.56 Å². The third-order valence-electron chi connectivity index (χ3n) is 3.42. The number of rotatable bonds is 9. The fourth-order valence-electron chi connectivity index (χ4n) is 2.09. The SMILES string of the molecule is COc1cccc(CN(C)CCC(=O)N(C)CCCN)c1. The van der Waals surface area contributed by atoms with E-state index in [0.717, 1.165) is 31.8 Å². The molecule has 118 valence electrons. The van der Waals surface area contributed by atoms with Crippen molar-refractivity contribution in [2.75, 3.05) is 40.8 Å². The Labute approximate surface area is 127 Å². The summed E-state index contributed by atoms with van der Waals surface area (Å²) in [5.74, 6) is 1.03. The Morgan fingerprint density at radius 2 is 2.05 bits per heavy atom. The third kappa shape index (κ3) is 6.60. The summed E-state index contributed by atoms with van der Waals surface area (Å²) in [6.45, 7) is 2.89. The Morgan fingerprint density at radius 3 is 2.71 bits per heavy atom. The highest BCUT2D eigenvalue weighted by Crippen LogP contribution is 2.13. The predicted octanol–water partition coefficient (Wildman–Crippen LogP) is 1.32. The first-order valence-electron chi connectivity index (χ1n) is 7.32. The molecule has 0 aromatic heterocycles. The summed E-state index contributed by atoms with van der Waals surface area (Å²) < 4.78 is 5.21. The highest BCUT2D eigenvalue weighted by molar-refractivity contribution is 5.76. The third-order valence-corrected chi connectivity index (χ3v) is 3.42. The van der Waals surface area contributed by atoms with Crippen molar-refractivity contribution >= 4 is 5.91 Å². The van der Waals surface area contributed by atoms with Crippen LogP contribution in [-0.4, -0.2) is 56.5 Å². The van der Waals surface area contributed by atoms with Gasteiger partial charge in [0.15, 0.2) is 0 Å². The Bertz CT molecular complexity index is 437. The summed E-state index contributed by atoms with van der Waals surface area (Å²) in [6, 6.07) is 7.99. The molecule has 2 N–H and O–H groups in total. The summed E-state index contributed by atoms with van der Waals surface area (Å²) in [5, 5.41) is 0. The molecule has 0 spiro atoms. The van der Waals surface area contributed by atoms with E-state index in [4.69, 9.17) is 10.5 Å². The van der Waals surface area contributed by atoms with E-state index in [1.54, 1.807) is 12.0 Å². The number of ether oxygens (including phenoxy) is 1. The van der Waals surface area contributed by atoms with Crippen LogP contribution in [0, 0.1) is 0 Å².